The van der Waals surface area contributed by atoms with Crippen LogP contribution in [-0.4, -0.2) is 36.3 Å². The molecule has 6 heteroatoms. The van der Waals surface area contributed by atoms with Gasteiger partial charge in [-0.15, -0.1) is 0 Å². The van der Waals surface area contributed by atoms with Crippen LogP contribution in [0, 0.1) is 11.7 Å². The third-order valence-electron chi connectivity index (χ3n) is 2.72. The Morgan fingerprint density at radius 1 is 1.61 bits per heavy atom. The molecular weight excluding hydrogens is 237 g/mol. The van der Waals surface area contributed by atoms with Crippen LogP contribution in [0.2, 0.25) is 0 Å². The van der Waals surface area contributed by atoms with Gasteiger partial charge in [0.15, 0.2) is 0 Å². The van der Waals surface area contributed by atoms with E-state index < -0.39 is 5.82 Å². The standard InChI is InChI=1S/C12H18FN3O2/c1-2-4-14-12-15-6-10(13)11(16-12)18-8-9-3-5-17-7-9/h6,9H,2-5,7-8H2,1H3,(H,14,15,16). The average molecular weight is 255 g/mol. The number of hydrogen-bond acceptors (Lipinski definition) is 5. The number of nitrogens with one attached hydrogen (secondary N) is 1. The van der Waals surface area contributed by atoms with E-state index in [2.05, 4.69) is 15.3 Å². The summed E-state index contributed by atoms with van der Waals surface area (Å²) >= 11 is 0. The number of anilines is 1. The largest absolute Gasteiger partial charge is 0.475 e. The molecule has 1 aliphatic heterocycles. The van der Waals surface area contributed by atoms with E-state index in [4.69, 9.17) is 9.47 Å². The van der Waals surface area contributed by atoms with Gasteiger partial charge >= 0.3 is 0 Å². The minimum absolute atomic E-state index is 0.00973. The summed E-state index contributed by atoms with van der Waals surface area (Å²) in [5.41, 5.74) is 0. The van der Waals surface area contributed by atoms with Gasteiger partial charge in [-0.1, -0.05) is 6.92 Å². The van der Waals surface area contributed by atoms with Gasteiger partial charge in [-0.05, 0) is 12.8 Å². The van der Waals surface area contributed by atoms with Gasteiger partial charge < -0.3 is 14.8 Å². The lowest BCUT2D eigenvalue weighted by molar-refractivity contribution is 0.163. The Morgan fingerprint density at radius 3 is 3.22 bits per heavy atom. The monoisotopic (exact) mass is 255 g/mol. The van der Waals surface area contributed by atoms with Gasteiger partial charge in [-0.25, -0.2) is 4.98 Å². The van der Waals surface area contributed by atoms with Crippen LogP contribution in [0.3, 0.4) is 0 Å². The smallest absolute Gasteiger partial charge is 0.255 e. The summed E-state index contributed by atoms with van der Waals surface area (Å²) in [6.07, 6.45) is 3.04. The summed E-state index contributed by atoms with van der Waals surface area (Å²) < 4.78 is 24.1. The second-order valence-corrected chi connectivity index (χ2v) is 4.31. The highest BCUT2D eigenvalue weighted by atomic mass is 19.1. The third-order valence-corrected chi connectivity index (χ3v) is 2.72. The molecule has 0 aliphatic carbocycles. The van der Waals surface area contributed by atoms with Crippen molar-refractivity contribution in [1.82, 2.24) is 9.97 Å². The molecule has 0 radical (unpaired) electrons. The molecule has 1 aromatic heterocycles. The van der Waals surface area contributed by atoms with Crippen LogP contribution in [-0.2, 0) is 4.74 Å². The Hall–Kier alpha value is -1.43. The molecule has 1 N–H and O–H groups in total. The third kappa shape index (κ3) is 3.53. The number of halogens is 1. The van der Waals surface area contributed by atoms with Gasteiger partial charge in [-0.3, -0.25) is 0 Å². The molecule has 0 aromatic carbocycles. The van der Waals surface area contributed by atoms with Gasteiger partial charge in [-0.2, -0.15) is 9.37 Å². The molecule has 18 heavy (non-hydrogen) atoms. The summed E-state index contributed by atoms with van der Waals surface area (Å²) in [5.74, 6) is 0.203. The van der Waals surface area contributed by atoms with Gasteiger partial charge in [0.25, 0.3) is 5.88 Å². The highest BCUT2D eigenvalue weighted by Crippen LogP contribution is 2.18. The first-order valence-corrected chi connectivity index (χ1v) is 6.26. The fourth-order valence-electron chi connectivity index (χ4n) is 1.69. The zero-order chi connectivity index (χ0) is 12.8. The van der Waals surface area contributed by atoms with Crippen molar-refractivity contribution in [3.05, 3.63) is 12.0 Å². The predicted octanol–water partition coefficient (Wildman–Crippen LogP) is 1.85. The Morgan fingerprint density at radius 2 is 2.50 bits per heavy atom. The molecular formula is C12H18FN3O2. The Bertz CT molecular complexity index is 384. The fraction of sp³-hybridized carbons (Fsp3) is 0.667. The van der Waals surface area contributed by atoms with Crippen molar-refractivity contribution in [2.75, 3.05) is 31.7 Å². The molecule has 0 amide bonds. The highest BCUT2D eigenvalue weighted by molar-refractivity contribution is 5.28. The normalized spacial score (nSPS) is 18.9. The van der Waals surface area contributed by atoms with Crippen molar-refractivity contribution >= 4 is 5.95 Å². The number of ether oxygens (including phenoxy) is 2. The van der Waals surface area contributed by atoms with E-state index in [1.54, 1.807) is 0 Å². The number of rotatable bonds is 6. The van der Waals surface area contributed by atoms with Gasteiger partial charge in [0.05, 0.1) is 19.4 Å². The van der Waals surface area contributed by atoms with Crippen molar-refractivity contribution in [3.63, 3.8) is 0 Å². The Balaban J connectivity index is 1.92. The van der Waals surface area contributed by atoms with Crippen LogP contribution in [0.5, 0.6) is 5.88 Å². The molecule has 2 heterocycles. The summed E-state index contributed by atoms with van der Waals surface area (Å²) in [6, 6.07) is 0. The molecule has 1 fully saturated rings. The molecule has 0 saturated carbocycles. The first kappa shape index (κ1) is 13.0. The molecule has 1 aromatic rings. The SMILES string of the molecule is CCCNc1ncc(F)c(OCC2CCOC2)n1. The summed E-state index contributed by atoms with van der Waals surface area (Å²) in [4.78, 5) is 7.86. The van der Waals surface area contributed by atoms with Crippen molar-refractivity contribution in [2.45, 2.75) is 19.8 Å². The minimum Gasteiger partial charge on any atom is -0.475 e. The second kappa shape index (κ2) is 6.49. The van der Waals surface area contributed by atoms with Crippen LogP contribution < -0.4 is 10.1 Å². The maximum atomic E-state index is 13.5. The Labute approximate surface area is 106 Å². The van der Waals surface area contributed by atoms with Gasteiger partial charge in [0.1, 0.15) is 0 Å². The first-order valence-electron chi connectivity index (χ1n) is 6.26. The maximum Gasteiger partial charge on any atom is 0.255 e. The maximum absolute atomic E-state index is 13.5. The molecule has 1 saturated heterocycles. The summed E-state index contributed by atoms with van der Waals surface area (Å²) in [6.45, 7) is 4.65. The minimum atomic E-state index is -0.532. The van der Waals surface area contributed by atoms with E-state index in [9.17, 15) is 4.39 Å². The van der Waals surface area contributed by atoms with Crippen molar-refractivity contribution in [1.29, 1.82) is 0 Å². The quantitative estimate of drug-likeness (QED) is 0.840. The lowest BCUT2D eigenvalue weighted by Gasteiger charge is -2.11. The lowest BCUT2D eigenvalue weighted by Crippen LogP contribution is -2.14. The van der Waals surface area contributed by atoms with Crippen molar-refractivity contribution in [2.24, 2.45) is 5.92 Å². The van der Waals surface area contributed by atoms with Gasteiger partial charge in [0.2, 0.25) is 11.8 Å². The van der Waals surface area contributed by atoms with E-state index >= 15 is 0 Å². The molecule has 2 rings (SSSR count). The van der Waals surface area contributed by atoms with E-state index in [1.165, 1.54) is 0 Å². The van der Waals surface area contributed by atoms with Crippen LogP contribution >= 0.6 is 0 Å². The van der Waals surface area contributed by atoms with Crippen molar-refractivity contribution < 1.29 is 13.9 Å². The molecule has 0 bridgehead atoms. The average Bonchev–Trinajstić information content (AvgIpc) is 2.89. The van der Waals surface area contributed by atoms with E-state index in [0.29, 0.717) is 25.1 Å². The molecule has 1 unspecified atom stereocenters. The molecule has 1 aliphatic rings. The van der Waals surface area contributed by atoms with Crippen LogP contribution in [0.25, 0.3) is 0 Å². The number of aromatic nitrogens is 2. The topological polar surface area (TPSA) is 56.3 Å². The van der Waals surface area contributed by atoms with Crippen molar-refractivity contribution in [3.8, 4) is 5.88 Å². The first-order chi connectivity index (χ1) is 8.79. The van der Waals surface area contributed by atoms with Crippen LogP contribution in [0.15, 0.2) is 6.20 Å². The zero-order valence-electron chi connectivity index (χ0n) is 10.5. The van der Waals surface area contributed by atoms with Crippen LogP contribution in [0.4, 0.5) is 10.3 Å². The fourth-order valence-corrected chi connectivity index (χ4v) is 1.69. The molecule has 5 nitrogen and oxygen atoms in total. The zero-order valence-corrected chi connectivity index (χ0v) is 10.5. The molecule has 0 spiro atoms. The van der Waals surface area contributed by atoms with E-state index in [-0.39, 0.29) is 5.88 Å². The van der Waals surface area contributed by atoms with Gasteiger partial charge in [0, 0.05) is 19.1 Å². The number of hydrogen-bond donors (Lipinski definition) is 1. The second-order valence-electron chi connectivity index (χ2n) is 4.31. The Kier molecular flexibility index (Phi) is 4.69. The predicted molar refractivity (Wildman–Crippen MR) is 65.2 cm³/mol. The number of nitrogens with zero attached hydrogens (tertiary/aromatic N) is 2. The molecule has 100 valence electrons. The van der Waals surface area contributed by atoms with E-state index in [0.717, 1.165) is 32.2 Å². The summed E-state index contributed by atoms with van der Waals surface area (Å²) in [5, 5.41) is 3.00. The van der Waals surface area contributed by atoms with E-state index in [1.807, 2.05) is 6.92 Å². The summed E-state index contributed by atoms with van der Waals surface area (Å²) in [7, 11) is 0. The lowest BCUT2D eigenvalue weighted by atomic mass is 10.1. The van der Waals surface area contributed by atoms with Crippen LogP contribution in [0.1, 0.15) is 19.8 Å². The molecule has 1 atom stereocenters. The highest BCUT2D eigenvalue weighted by Gasteiger charge is 2.18.